The Morgan fingerprint density at radius 1 is 0.474 bits per heavy atom. The zero-order valence-corrected chi connectivity index (χ0v) is 45.2. The van der Waals surface area contributed by atoms with E-state index in [1.54, 1.807) is 0 Å². The minimum atomic E-state index is -0.163. The van der Waals surface area contributed by atoms with Crippen molar-refractivity contribution < 1.29 is 4.42 Å². The Kier molecular flexibility index (Phi) is 9.54. The van der Waals surface area contributed by atoms with Gasteiger partial charge in [0.15, 0.2) is 0 Å². The van der Waals surface area contributed by atoms with E-state index in [0.717, 1.165) is 46.9 Å². The van der Waals surface area contributed by atoms with Crippen molar-refractivity contribution in [3.05, 3.63) is 210 Å². The molecule has 0 saturated heterocycles. The molecule has 9 aromatic carbocycles. The van der Waals surface area contributed by atoms with Crippen LogP contribution in [0.15, 0.2) is 186 Å². The van der Waals surface area contributed by atoms with Gasteiger partial charge >= 0.3 is 0 Å². The number of fused-ring (bicyclic) bond motifs is 13. The fourth-order valence-electron chi connectivity index (χ4n) is 14.8. The normalized spacial score (nSPS) is 19.1. The van der Waals surface area contributed by atoms with Crippen LogP contribution in [0.1, 0.15) is 109 Å². The summed E-state index contributed by atoms with van der Waals surface area (Å²) in [5.74, 6) is 0. The van der Waals surface area contributed by atoms with E-state index < -0.39 is 0 Å². The lowest BCUT2D eigenvalue weighted by Crippen LogP contribution is -2.61. The molecule has 3 aliphatic heterocycles. The zero-order chi connectivity index (χ0) is 51.6. The van der Waals surface area contributed by atoms with Crippen molar-refractivity contribution in [3.63, 3.8) is 0 Å². The topological polar surface area (TPSA) is 22.9 Å². The van der Waals surface area contributed by atoms with Crippen LogP contribution < -0.4 is 31.1 Å². The van der Waals surface area contributed by atoms with E-state index in [1.165, 1.54) is 119 Å². The highest BCUT2D eigenvalue weighted by molar-refractivity contribution is 7.00. The molecule has 4 heterocycles. The van der Waals surface area contributed by atoms with Crippen LogP contribution in [0.4, 0.5) is 45.5 Å². The summed E-state index contributed by atoms with van der Waals surface area (Å²) in [6, 6.07) is 70.1. The van der Waals surface area contributed by atoms with Crippen molar-refractivity contribution in [3.8, 4) is 22.3 Å². The van der Waals surface area contributed by atoms with Crippen molar-refractivity contribution >= 4 is 90.5 Å². The van der Waals surface area contributed by atoms with Crippen LogP contribution in [0.25, 0.3) is 44.2 Å². The molecule has 1 saturated carbocycles. The molecule has 5 heteroatoms. The van der Waals surface area contributed by atoms with Crippen LogP contribution >= 0.6 is 0 Å². The molecule has 2 atom stereocenters. The summed E-state index contributed by atoms with van der Waals surface area (Å²) in [7, 11) is 0. The Hall–Kier alpha value is -7.76. The Labute approximate surface area is 448 Å². The van der Waals surface area contributed by atoms with Crippen LogP contribution in [0, 0.1) is 0 Å². The molecule has 76 heavy (non-hydrogen) atoms. The summed E-state index contributed by atoms with van der Waals surface area (Å²) in [5.41, 5.74) is 27.1. The summed E-state index contributed by atoms with van der Waals surface area (Å²) in [6.07, 6.45) is 5.64. The monoisotopic (exact) mass is 986 g/mol. The third-order valence-corrected chi connectivity index (χ3v) is 18.9. The van der Waals surface area contributed by atoms with Gasteiger partial charge in [0, 0.05) is 61.4 Å². The van der Waals surface area contributed by atoms with Crippen molar-refractivity contribution in [1.29, 1.82) is 0 Å². The molecule has 4 nitrogen and oxygen atoms in total. The number of nitrogens with zero attached hydrogens (tertiary/aromatic N) is 3. The highest BCUT2D eigenvalue weighted by atomic mass is 16.3. The van der Waals surface area contributed by atoms with E-state index in [2.05, 4.69) is 252 Å². The quantitative estimate of drug-likeness (QED) is 0.164. The van der Waals surface area contributed by atoms with Gasteiger partial charge in [-0.05, 0) is 153 Å². The summed E-state index contributed by atoms with van der Waals surface area (Å²) < 4.78 is 6.93. The predicted octanol–water partition coefficient (Wildman–Crippen LogP) is 17.2. The molecule has 1 aromatic heterocycles. The lowest BCUT2D eigenvalue weighted by Gasteiger charge is -2.51. The van der Waals surface area contributed by atoms with Gasteiger partial charge < -0.3 is 19.1 Å². The Morgan fingerprint density at radius 3 is 1.92 bits per heavy atom. The molecule has 2 unspecified atom stereocenters. The summed E-state index contributed by atoms with van der Waals surface area (Å²) in [6.45, 7) is 19.1. The molecule has 0 radical (unpaired) electrons. The van der Waals surface area contributed by atoms with Crippen LogP contribution in [0.2, 0.25) is 0 Å². The average molecular weight is 986 g/mol. The zero-order valence-electron chi connectivity index (χ0n) is 45.2. The second-order valence-corrected chi connectivity index (χ2v) is 25.2. The molecule has 0 bridgehead atoms. The van der Waals surface area contributed by atoms with Gasteiger partial charge in [-0.1, -0.05) is 183 Å². The molecule has 0 N–H and O–H groups in total. The number of hydrogen-bond acceptors (Lipinski definition) is 4. The lowest BCUT2D eigenvalue weighted by atomic mass is 9.33. The van der Waals surface area contributed by atoms with Crippen LogP contribution in [0.5, 0.6) is 0 Å². The second-order valence-electron chi connectivity index (χ2n) is 25.2. The largest absolute Gasteiger partial charge is 0.456 e. The highest BCUT2D eigenvalue weighted by Crippen LogP contribution is 2.62. The van der Waals surface area contributed by atoms with Gasteiger partial charge in [0.05, 0.1) is 16.9 Å². The third kappa shape index (κ3) is 6.32. The van der Waals surface area contributed by atoms with Crippen LogP contribution in [0.3, 0.4) is 0 Å². The Morgan fingerprint density at radius 2 is 1.12 bits per heavy atom. The minimum Gasteiger partial charge on any atom is -0.456 e. The van der Waals surface area contributed by atoms with Gasteiger partial charge in [0.2, 0.25) is 0 Å². The fraction of sp³-hybridized carbons (Fsp3) is 0.239. The Bertz CT molecular complexity index is 4080. The molecular formula is C71H64BN3O. The first-order valence-electron chi connectivity index (χ1n) is 27.9. The first-order chi connectivity index (χ1) is 36.7. The van der Waals surface area contributed by atoms with Gasteiger partial charge in [-0.25, -0.2) is 0 Å². The lowest BCUT2D eigenvalue weighted by molar-refractivity contribution is 0.195. The van der Waals surface area contributed by atoms with Crippen molar-refractivity contribution in [2.24, 2.45) is 0 Å². The molecule has 15 rings (SSSR count). The minimum absolute atomic E-state index is 0.0272. The molecular weight excluding hydrogens is 922 g/mol. The SMILES string of the molecule is CC(C)(C)c1ccc2c(c1)B1c3cc4oc5ccccc5c4cc3N(c3ccc(C(C)(C)C)cc3-c3ccccc3)c3cc(N4c5ccccc5C5(C)CCCCC45C)cc(c31)N2c1cccc2c1-c1ccccc1C2. The van der Waals surface area contributed by atoms with E-state index in [0.29, 0.717) is 0 Å². The van der Waals surface area contributed by atoms with Gasteiger partial charge in [-0.2, -0.15) is 0 Å². The molecule has 5 aliphatic rings. The number of anilines is 8. The van der Waals surface area contributed by atoms with Crippen molar-refractivity contribution in [1.82, 2.24) is 0 Å². The fourth-order valence-corrected chi connectivity index (χ4v) is 14.8. The third-order valence-electron chi connectivity index (χ3n) is 18.9. The molecule has 10 aromatic rings. The second kappa shape index (κ2) is 15.9. The Balaban J connectivity index is 1.12. The standard InChI is InChI=1S/C71H64BN3O/c1-68(2,3)47-31-33-57(52(38-47)44-21-10-9-11-22-44)73-61-42-53-51-26-14-17-30-64(51)76-65(53)43-56(61)72-55-39-48(69(4,5)6)32-34-59(55)74(60-29-20-24-46-37-45-23-12-13-25-50(45)66(46)60)63-41-49(40-62(73)67(63)72)75-58-28-16-15-27-54(58)70(7)35-18-19-36-71(70,75)8/h9-17,20-34,38-43H,18-19,35-37H2,1-8H3. The maximum Gasteiger partial charge on any atom is 0.252 e. The summed E-state index contributed by atoms with van der Waals surface area (Å²) >= 11 is 0. The van der Waals surface area contributed by atoms with Crippen molar-refractivity contribution in [2.45, 2.75) is 109 Å². The molecule has 1 fully saturated rings. The van der Waals surface area contributed by atoms with E-state index >= 15 is 0 Å². The number of benzene rings is 9. The van der Waals surface area contributed by atoms with Crippen LogP contribution in [-0.2, 0) is 22.7 Å². The molecule has 0 amide bonds. The van der Waals surface area contributed by atoms with Crippen LogP contribution in [-0.4, -0.2) is 12.3 Å². The maximum atomic E-state index is 6.93. The van der Waals surface area contributed by atoms with Gasteiger partial charge in [0.1, 0.15) is 11.2 Å². The number of hydrogen-bond donors (Lipinski definition) is 0. The first-order valence-corrected chi connectivity index (χ1v) is 27.9. The van der Waals surface area contributed by atoms with E-state index in [-0.39, 0.29) is 28.5 Å². The molecule has 372 valence electrons. The smallest absolute Gasteiger partial charge is 0.252 e. The number of furan rings is 1. The van der Waals surface area contributed by atoms with Gasteiger partial charge in [-0.15, -0.1) is 0 Å². The molecule has 2 aliphatic carbocycles. The maximum absolute atomic E-state index is 6.93. The van der Waals surface area contributed by atoms with Crippen molar-refractivity contribution in [2.75, 3.05) is 14.7 Å². The molecule has 0 spiro atoms. The predicted molar refractivity (Wildman–Crippen MR) is 322 cm³/mol. The summed E-state index contributed by atoms with van der Waals surface area (Å²) in [4.78, 5) is 8.17. The highest BCUT2D eigenvalue weighted by Gasteiger charge is 2.58. The van der Waals surface area contributed by atoms with E-state index in [4.69, 9.17) is 4.42 Å². The van der Waals surface area contributed by atoms with E-state index in [9.17, 15) is 0 Å². The van der Waals surface area contributed by atoms with Gasteiger partial charge in [0.25, 0.3) is 6.71 Å². The summed E-state index contributed by atoms with van der Waals surface area (Å²) in [5, 5.41) is 2.26. The number of para-hydroxylation sites is 2. The average Bonchev–Trinajstić information content (AvgIpc) is 4.17. The number of rotatable bonds is 4. The van der Waals surface area contributed by atoms with Gasteiger partial charge in [-0.3, -0.25) is 0 Å². The first kappa shape index (κ1) is 45.6. The van der Waals surface area contributed by atoms with E-state index in [1.807, 2.05) is 0 Å².